The molecule has 5 nitrogen and oxygen atoms in total. The normalized spacial score (nSPS) is 16.3. The number of carbonyl (C=O) groups excluding carboxylic acids is 2. The highest BCUT2D eigenvalue weighted by atomic mass is 16.2. The highest BCUT2D eigenvalue weighted by molar-refractivity contribution is 5.81. The highest BCUT2D eigenvalue weighted by Crippen LogP contribution is 2.17. The van der Waals surface area contributed by atoms with E-state index in [1.54, 1.807) is 6.92 Å². The van der Waals surface area contributed by atoms with Gasteiger partial charge in [0.05, 0.1) is 6.04 Å². The summed E-state index contributed by atoms with van der Waals surface area (Å²) < 4.78 is 0. The van der Waals surface area contributed by atoms with Crippen molar-refractivity contribution in [2.45, 2.75) is 38.9 Å². The third-order valence-corrected chi connectivity index (χ3v) is 3.52. The van der Waals surface area contributed by atoms with E-state index in [4.69, 9.17) is 5.73 Å². The summed E-state index contributed by atoms with van der Waals surface area (Å²) >= 11 is 0. The molecule has 1 aromatic rings. The number of likely N-dealkylation sites (tertiary alicyclic amines) is 1. The predicted octanol–water partition coefficient (Wildman–Crippen LogP) is 0.772. The molecule has 0 aromatic heterocycles. The van der Waals surface area contributed by atoms with Gasteiger partial charge in [-0.15, -0.1) is 0 Å². The molecule has 1 fully saturated rings. The number of amides is 2. The molecule has 0 bridgehead atoms. The summed E-state index contributed by atoms with van der Waals surface area (Å²) in [6, 6.07) is 7.34. The van der Waals surface area contributed by atoms with E-state index in [-0.39, 0.29) is 11.8 Å². The van der Waals surface area contributed by atoms with Crippen LogP contribution in [-0.4, -0.2) is 29.3 Å². The second-order valence-corrected chi connectivity index (χ2v) is 5.19. The van der Waals surface area contributed by atoms with Gasteiger partial charge >= 0.3 is 0 Å². The molecule has 20 heavy (non-hydrogen) atoms. The minimum atomic E-state index is -0.512. The maximum Gasteiger partial charge on any atom is 0.236 e. The van der Waals surface area contributed by atoms with Gasteiger partial charge in [0, 0.05) is 26.1 Å². The van der Waals surface area contributed by atoms with Crippen molar-refractivity contribution in [1.82, 2.24) is 10.2 Å². The molecule has 2 amide bonds. The molecular formula is C15H21N3O2. The van der Waals surface area contributed by atoms with Crippen molar-refractivity contribution in [2.75, 3.05) is 6.54 Å². The van der Waals surface area contributed by atoms with Crippen molar-refractivity contribution in [3.8, 4) is 0 Å². The van der Waals surface area contributed by atoms with Gasteiger partial charge in [0.25, 0.3) is 0 Å². The van der Waals surface area contributed by atoms with E-state index in [0.717, 1.165) is 24.1 Å². The fraction of sp³-hybridized carbons (Fsp3) is 0.467. The molecule has 1 aliphatic heterocycles. The minimum Gasteiger partial charge on any atom is -0.351 e. The third-order valence-electron chi connectivity index (χ3n) is 3.52. The van der Waals surface area contributed by atoms with Gasteiger partial charge in [0.15, 0.2) is 0 Å². The van der Waals surface area contributed by atoms with Gasteiger partial charge in [-0.3, -0.25) is 9.59 Å². The van der Waals surface area contributed by atoms with Gasteiger partial charge in [-0.2, -0.15) is 0 Å². The Bertz CT molecular complexity index is 500. The van der Waals surface area contributed by atoms with Crippen LogP contribution in [0, 0.1) is 0 Å². The van der Waals surface area contributed by atoms with Gasteiger partial charge in [0.2, 0.25) is 11.8 Å². The lowest BCUT2D eigenvalue weighted by Crippen LogP contribution is -2.38. The van der Waals surface area contributed by atoms with Gasteiger partial charge in [-0.25, -0.2) is 0 Å². The molecule has 0 radical (unpaired) electrons. The number of nitrogens with one attached hydrogen (secondary N) is 1. The van der Waals surface area contributed by atoms with Gasteiger partial charge in [-0.05, 0) is 24.5 Å². The molecule has 1 heterocycles. The lowest BCUT2D eigenvalue weighted by Gasteiger charge is -2.18. The summed E-state index contributed by atoms with van der Waals surface area (Å²) in [5.41, 5.74) is 7.63. The van der Waals surface area contributed by atoms with Crippen molar-refractivity contribution >= 4 is 11.8 Å². The second kappa shape index (κ2) is 6.52. The molecule has 108 valence electrons. The quantitative estimate of drug-likeness (QED) is 0.833. The van der Waals surface area contributed by atoms with E-state index in [0.29, 0.717) is 19.5 Å². The number of nitrogens with zero attached hydrogens (tertiary/aromatic N) is 1. The van der Waals surface area contributed by atoms with E-state index in [1.807, 2.05) is 29.2 Å². The molecule has 3 N–H and O–H groups in total. The first-order valence-corrected chi connectivity index (χ1v) is 6.96. The van der Waals surface area contributed by atoms with Crippen LogP contribution >= 0.6 is 0 Å². The maximum absolute atomic E-state index is 11.7. The Morgan fingerprint density at radius 3 is 2.70 bits per heavy atom. The molecular weight excluding hydrogens is 254 g/mol. The fourth-order valence-corrected chi connectivity index (χ4v) is 2.30. The van der Waals surface area contributed by atoms with Crippen LogP contribution in [0.5, 0.6) is 0 Å². The van der Waals surface area contributed by atoms with Crippen LogP contribution in [0.4, 0.5) is 0 Å². The fourth-order valence-electron chi connectivity index (χ4n) is 2.30. The molecule has 2 rings (SSSR count). The largest absolute Gasteiger partial charge is 0.351 e. The molecule has 0 spiro atoms. The Labute approximate surface area is 119 Å². The molecule has 1 aliphatic rings. The van der Waals surface area contributed by atoms with Crippen LogP contribution in [-0.2, 0) is 22.7 Å². The molecule has 1 saturated heterocycles. The van der Waals surface area contributed by atoms with Gasteiger partial charge in [-0.1, -0.05) is 24.3 Å². The summed E-state index contributed by atoms with van der Waals surface area (Å²) in [5, 5.41) is 2.81. The number of nitrogens with two attached hydrogens (primary N) is 1. The Morgan fingerprint density at radius 1 is 1.40 bits per heavy atom. The third kappa shape index (κ3) is 3.57. The van der Waals surface area contributed by atoms with E-state index in [9.17, 15) is 9.59 Å². The summed E-state index contributed by atoms with van der Waals surface area (Å²) in [6.45, 7) is 3.53. The Morgan fingerprint density at radius 2 is 2.10 bits per heavy atom. The van der Waals surface area contributed by atoms with Crippen LogP contribution in [0.3, 0.4) is 0 Å². The first-order chi connectivity index (χ1) is 9.58. The summed E-state index contributed by atoms with van der Waals surface area (Å²) in [7, 11) is 0. The number of carbonyl (C=O) groups is 2. The molecule has 0 aliphatic carbocycles. The number of hydrogen-bond donors (Lipinski definition) is 2. The average Bonchev–Trinajstić information content (AvgIpc) is 2.83. The monoisotopic (exact) mass is 275 g/mol. The van der Waals surface area contributed by atoms with Crippen LogP contribution in [0.25, 0.3) is 0 Å². The molecule has 0 unspecified atom stereocenters. The van der Waals surface area contributed by atoms with E-state index < -0.39 is 6.04 Å². The summed E-state index contributed by atoms with van der Waals surface area (Å²) in [5.74, 6) is 0.0384. The Hall–Kier alpha value is -1.88. The van der Waals surface area contributed by atoms with Crippen LogP contribution < -0.4 is 11.1 Å². The molecule has 1 atom stereocenters. The van der Waals surface area contributed by atoms with Crippen molar-refractivity contribution in [2.24, 2.45) is 5.73 Å². The maximum atomic E-state index is 11.7. The van der Waals surface area contributed by atoms with Crippen LogP contribution in [0.2, 0.25) is 0 Å². The Kier molecular flexibility index (Phi) is 4.74. The number of hydrogen-bond acceptors (Lipinski definition) is 3. The number of benzene rings is 1. The first-order valence-electron chi connectivity index (χ1n) is 6.96. The summed E-state index contributed by atoms with van der Waals surface area (Å²) in [4.78, 5) is 25.1. The lowest BCUT2D eigenvalue weighted by molar-refractivity contribution is -0.128. The predicted molar refractivity (Wildman–Crippen MR) is 76.6 cm³/mol. The molecule has 0 saturated carbocycles. The standard InChI is InChI=1S/C15H21N3O2/c1-11(16)15(20)17-9-12-5-2-3-6-13(12)10-18-8-4-7-14(18)19/h2-3,5-6,11H,4,7-10,16H2,1H3,(H,17,20)/t11-/m1/s1. The minimum absolute atomic E-state index is 0.169. The number of rotatable bonds is 5. The van der Waals surface area contributed by atoms with Crippen molar-refractivity contribution in [1.29, 1.82) is 0 Å². The smallest absolute Gasteiger partial charge is 0.236 e. The van der Waals surface area contributed by atoms with Crippen molar-refractivity contribution in [3.63, 3.8) is 0 Å². The zero-order valence-corrected chi connectivity index (χ0v) is 11.8. The van der Waals surface area contributed by atoms with Crippen LogP contribution in [0.15, 0.2) is 24.3 Å². The van der Waals surface area contributed by atoms with Gasteiger partial charge in [0.1, 0.15) is 0 Å². The average molecular weight is 275 g/mol. The highest BCUT2D eigenvalue weighted by Gasteiger charge is 2.20. The molecule has 5 heteroatoms. The zero-order chi connectivity index (χ0) is 14.5. The second-order valence-electron chi connectivity index (χ2n) is 5.19. The van der Waals surface area contributed by atoms with E-state index in [1.165, 1.54) is 0 Å². The topological polar surface area (TPSA) is 75.4 Å². The Balaban J connectivity index is 2.02. The van der Waals surface area contributed by atoms with Gasteiger partial charge < -0.3 is 16.0 Å². The van der Waals surface area contributed by atoms with E-state index in [2.05, 4.69) is 5.32 Å². The summed E-state index contributed by atoms with van der Waals surface area (Å²) in [6.07, 6.45) is 1.58. The van der Waals surface area contributed by atoms with E-state index >= 15 is 0 Å². The molecule has 1 aromatic carbocycles. The lowest BCUT2D eigenvalue weighted by atomic mass is 10.1. The van der Waals surface area contributed by atoms with Crippen molar-refractivity contribution < 1.29 is 9.59 Å². The van der Waals surface area contributed by atoms with Crippen molar-refractivity contribution in [3.05, 3.63) is 35.4 Å². The zero-order valence-electron chi connectivity index (χ0n) is 11.8. The van der Waals surface area contributed by atoms with Crippen LogP contribution in [0.1, 0.15) is 30.9 Å². The first kappa shape index (κ1) is 14.5. The SMILES string of the molecule is C[C@@H](N)C(=O)NCc1ccccc1CN1CCCC1=O.